The van der Waals surface area contributed by atoms with E-state index in [0.29, 0.717) is 35.8 Å². The summed E-state index contributed by atoms with van der Waals surface area (Å²) >= 11 is 0. The average molecular weight is 275 g/mol. The third-order valence-corrected chi connectivity index (χ3v) is 2.87. The van der Waals surface area contributed by atoms with Crippen LogP contribution in [0.3, 0.4) is 0 Å². The van der Waals surface area contributed by atoms with Crippen molar-refractivity contribution in [1.29, 1.82) is 5.26 Å². The number of anilines is 2. The van der Waals surface area contributed by atoms with E-state index in [1.54, 1.807) is 18.2 Å². The highest BCUT2D eigenvalue weighted by Crippen LogP contribution is 2.29. The number of hydrogen-bond donors (Lipinski definition) is 1. The molecule has 20 heavy (non-hydrogen) atoms. The monoisotopic (exact) mass is 275 g/mol. The maximum atomic E-state index is 11.9. The van der Waals surface area contributed by atoms with Crippen LogP contribution in [0.5, 0.6) is 0 Å². The molecule has 108 valence electrons. The fourth-order valence-corrected chi connectivity index (χ4v) is 2.11. The molecule has 5 nitrogen and oxygen atoms in total. The van der Waals surface area contributed by atoms with Crippen LogP contribution in [-0.4, -0.2) is 26.2 Å². The van der Waals surface area contributed by atoms with E-state index >= 15 is 0 Å². The number of rotatable bonds is 6. The van der Waals surface area contributed by atoms with E-state index in [-0.39, 0.29) is 0 Å². The number of nitrogen functional groups attached to an aromatic ring is 1. The van der Waals surface area contributed by atoms with Crippen molar-refractivity contribution in [2.75, 3.05) is 30.8 Å². The summed E-state index contributed by atoms with van der Waals surface area (Å²) in [7, 11) is 1.34. The van der Waals surface area contributed by atoms with Gasteiger partial charge in [0.15, 0.2) is 0 Å². The maximum Gasteiger partial charge on any atom is 0.340 e. The van der Waals surface area contributed by atoms with Gasteiger partial charge in [0.1, 0.15) is 0 Å². The van der Waals surface area contributed by atoms with Crippen LogP contribution in [0.4, 0.5) is 11.4 Å². The molecule has 1 rings (SSSR count). The molecule has 0 bridgehead atoms. The highest BCUT2D eigenvalue weighted by atomic mass is 16.5. The first-order valence-corrected chi connectivity index (χ1v) is 6.60. The first kappa shape index (κ1) is 15.8. The van der Waals surface area contributed by atoms with E-state index in [0.717, 1.165) is 6.54 Å². The van der Waals surface area contributed by atoms with Gasteiger partial charge in [-0.3, -0.25) is 0 Å². The maximum absolute atomic E-state index is 11.9. The van der Waals surface area contributed by atoms with E-state index in [2.05, 4.69) is 19.9 Å². The minimum Gasteiger partial charge on any atom is -0.465 e. The largest absolute Gasteiger partial charge is 0.465 e. The summed E-state index contributed by atoms with van der Waals surface area (Å²) in [6.45, 7) is 5.42. The highest BCUT2D eigenvalue weighted by Gasteiger charge is 2.20. The summed E-state index contributed by atoms with van der Waals surface area (Å²) in [5.41, 5.74) is 7.64. The number of nitriles is 1. The summed E-state index contributed by atoms with van der Waals surface area (Å²) in [4.78, 5) is 13.9. The molecule has 1 aromatic rings. The lowest BCUT2D eigenvalue weighted by Gasteiger charge is -2.28. The standard InChI is InChI=1S/C15H21N3O2/c1-11(2)10-18(9-5-8-16)14-12(15(19)20-3)6-4-7-13(14)17/h4,6-7,11H,5,9-10,17H2,1-3H3. The van der Waals surface area contributed by atoms with Gasteiger partial charge in [-0.2, -0.15) is 5.26 Å². The van der Waals surface area contributed by atoms with Crippen LogP contribution in [0.25, 0.3) is 0 Å². The normalized spacial score (nSPS) is 10.2. The molecule has 0 unspecified atom stereocenters. The van der Waals surface area contributed by atoms with E-state index in [1.165, 1.54) is 7.11 Å². The number of esters is 1. The fourth-order valence-electron chi connectivity index (χ4n) is 2.11. The van der Waals surface area contributed by atoms with Crippen LogP contribution in [0, 0.1) is 17.2 Å². The molecule has 0 radical (unpaired) electrons. The van der Waals surface area contributed by atoms with Gasteiger partial charge in [-0.05, 0) is 18.1 Å². The van der Waals surface area contributed by atoms with E-state index in [4.69, 9.17) is 15.7 Å². The Hall–Kier alpha value is -2.22. The minimum atomic E-state index is -0.419. The molecule has 0 amide bonds. The number of nitrogens with two attached hydrogens (primary N) is 1. The molecule has 0 spiro atoms. The first-order valence-electron chi connectivity index (χ1n) is 6.60. The van der Waals surface area contributed by atoms with Crippen LogP contribution >= 0.6 is 0 Å². The van der Waals surface area contributed by atoms with E-state index in [1.807, 2.05) is 4.90 Å². The molecule has 0 saturated carbocycles. The molecular formula is C15H21N3O2. The smallest absolute Gasteiger partial charge is 0.340 e. The molecule has 0 aromatic heterocycles. The van der Waals surface area contributed by atoms with Crippen LogP contribution < -0.4 is 10.6 Å². The summed E-state index contributed by atoms with van der Waals surface area (Å²) in [6, 6.07) is 7.29. The van der Waals surface area contributed by atoms with Crippen LogP contribution in [0.15, 0.2) is 18.2 Å². The Morgan fingerprint density at radius 1 is 1.50 bits per heavy atom. The molecule has 5 heteroatoms. The molecule has 0 saturated heterocycles. The van der Waals surface area contributed by atoms with Gasteiger partial charge in [-0.1, -0.05) is 19.9 Å². The fraction of sp³-hybridized carbons (Fsp3) is 0.467. The highest BCUT2D eigenvalue weighted by molar-refractivity contribution is 5.99. The number of ether oxygens (including phenoxy) is 1. The van der Waals surface area contributed by atoms with Gasteiger partial charge in [0.25, 0.3) is 0 Å². The van der Waals surface area contributed by atoms with Gasteiger partial charge >= 0.3 is 5.97 Å². The molecule has 0 heterocycles. The quantitative estimate of drug-likeness (QED) is 0.637. The van der Waals surface area contributed by atoms with Crippen LogP contribution in [0.2, 0.25) is 0 Å². The zero-order chi connectivity index (χ0) is 15.1. The van der Waals surface area contributed by atoms with Gasteiger partial charge < -0.3 is 15.4 Å². The molecule has 0 aliphatic carbocycles. The minimum absolute atomic E-state index is 0.377. The van der Waals surface area contributed by atoms with Crippen molar-refractivity contribution < 1.29 is 9.53 Å². The van der Waals surface area contributed by atoms with Crippen molar-refractivity contribution >= 4 is 17.3 Å². The number of methoxy groups -OCH3 is 1. The molecule has 1 aromatic carbocycles. The van der Waals surface area contributed by atoms with Crippen molar-refractivity contribution in [3.63, 3.8) is 0 Å². The first-order chi connectivity index (χ1) is 9.51. The molecular weight excluding hydrogens is 254 g/mol. The molecule has 0 atom stereocenters. The number of para-hydroxylation sites is 1. The van der Waals surface area contributed by atoms with Crippen molar-refractivity contribution in [2.45, 2.75) is 20.3 Å². The lowest BCUT2D eigenvalue weighted by molar-refractivity contribution is 0.0601. The number of carbonyl (C=O) groups is 1. The van der Waals surface area contributed by atoms with Gasteiger partial charge in [-0.25, -0.2) is 4.79 Å². The SMILES string of the molecule is COC(=O)c1cccc(N)c1N(CCC#N)CC(C)C. The lowest BCUT2D eigenvalue weighted by atomic mass is 10.1. The second-order valence-electron chi connectivity index (χ2n) is 4.98. The van der Waals surface area contributed by atoms with Gasteiger partial charge in [0.2, 0.25) is 0 Å². The number of hydrogen-bond acceptors (Lipinski definition) is 5. The molecule has 2 N–H and O–H groups in total. The number of carbonyl (C=O) groups excluding carboxylic acids is 1. The molecule has 0 aliphatic heterocycles. The van der Waals surface area contributed by atoms with Crippen molar-refractivity contribution in [2.24, 2.45) is 5.92 Å². The predicted molar refractivity (Wildman–Crippen MR) is 79.5 cm³/mol. The second-order valence-corrected chi connectivity index (χ2v) is 4.98. The van der Waals surface area contributed by atoms with Crippen molar-refractivity contribution in [3.05, 3.63) is 23.8 Å². The second kappa shape index (κ2) is 7.39. The molecule has 0 fully saturated rings. The Balaban J connectivity index is 3.23. The van der Waals surface area contributed by atoms with Gasteiger partial charge in [0.05, 0.1) is 36.5 Å². The summed E-state index contributed by atoms with van der Waals surface area (Å²) in [5, 5.41) is 8.79. The zero-order valence-corrected chi connectivity index (χ0v) is 12.2. The number of nitrogens with zero attached hydrogens (tertiary/aromatic N) is 2. The topological polar surface area (TPSA) is 79.3 Å². The van der Waals surface area contributed by atoms with Crippen LogP contribution in [-0.2, 0) is 4.74 Å². The van der Waals surface area contributed by atoms with Crippen molar-refractivity contribution in [3.8, 4) is 6.07 Å². The third-order valence-electron chi connectivity index (χ3n) is 2.87. The Kier molecular flexibility index (Phi) is 5.85. The third kappa shape index (κ3) is 3.89. The Bertz CT molecular complexity index is 506. The van der Waals surface area contributed by atoms with E-state index in [9.17, 15) is 4.79 Å². The summed E-state index contributed by atoms with van der Waals surface area (Å²) < 4.78 is 4.81. The Morgan fingerprint density at radius 3 is 2.75 bits per heavy atom. The number of benzene rings is 1. The lowest BCUT2D eigenvalue weighted by Crippen LogP contribution is -2.31. The average Bonchev–Trinajstić information content (AvgIpc) is 2.42. The van der Waals surface area contributed by atoms with E-state index < -0.39 is 5.97 Å². The predicted octanol–water partition coefficient (Wildman–Crippen LogP) is 2.43. The summed E-state index contributed by atoms with van der Waals surface area (Å²) in [6.07, 6.45) is 0.377. The van der Waals surface area contributed by atoms with Crippen LogP contribution in [0.1, 0.15) is 30.6 Å². The summed E-state index contributed by atoms with van der Waals surface area (Å²) in [5.74, 6) is -0.0307. The Labute approximate surface area is 119 Å². The van der Waals surface area contributed by atoms with Crippen molar-refractivity contribution in [1.82, 2.24) is 0 Å². The zero-order valence-electron chi connectivity index (χ0n) is 12.2. The molecule has 0 aliphatic rings. The van der Waals surface area contributed by atoms with Gasteiger partial charge in [-0.15, -0.1) is 0 Å². The Morgan fingerprint density at radius 2 is 2.20 bits per heavy atom. The van der Waals surface area contributed by atoms with Gasteiger partial charge in [0, 0.05) is 13.1 Å².